The van der Waals surface area contributed by atoms with Crippen molar-refractivity contribution in [3.63, 3.8) is 0 Å². The van der Waals surface area contributed by atoms with Crippen LogP contribution in [0.5, 0.6) is 0 Å². The Balaban J connectivity index is 2.03. The molecular weight excluding hydrogens is 348 g/mol. The number of aromatic carboxylic acids is 2. The second-order valence-corrected chi connectivity index (χ2v) is 5.44. The lowest BCUT2D eigenvalue weighted by Crippen LogP contribution is -2.14. The van der Waals surface area contributed by atoms with Gasteiger partial charge in [-0.1, -0.05) is 12.1 Å². The van der Waals surface area contributed by atoms with Crippen molar-refractivity contribution in [2.24, 2.45) is 0 Å². The van der Waals surface area contributed by atoms with Crippen LogP contribution in [-0.4, -0.2) is 28.1 Å². The molecule has 0 heterocycles. The predicted molar refractivity (Wildman–Crippen MR) is 93.2 cm³/mol. The molecule has 130 valence electrons. The largest absolute Gasteiger partial charge is 0.478 e. The highest BCUT2D eigenvalue weighted by molar-refractivity contribution is 6.23. The molecule has 0 fully saturated rings. The lowest BCUT2D eigenvalue weighted by Gasteiger charge is -2.08. The molecule has 0 aromatic heterocycles. The molecule has 0 bridgehead atoms. The van der Waals surface area contributed by atoms with Crippen molar-refractivity contribution in [3.8, 4) is 0 Å². The van der Waals surface area contributed by atoms with Gasteiger partial charge in [-0.25, -0.2) is 9.59 Å². The quantitative estimate of drug-likeness (QED) is 0.562. The molecule has 0 aliphatic carbocycles. The molecule has 25 heavy (non-hydrogen) atoms. The van der Waals surface area contributed by atoms with Crippen LogP contribution in [0.2, 0.25) is 0 Å². The number of aryl methyl sites for hydroxylation is 1. The van der Waals surface area contributed by atoms with Crippen molar-refractivity contribution in [2.75, 3.05) is 10.2 Å². The van der Waals surface area contributed by atoms with Crippen molar-refractivity contribution in [2.45, 2.75) is 12.8 Å². The van der Waals surface area contributed by atoms with Gasteiger partial charge in [0.25, 0.3) is 0 Å². The summed E-state index contributed by atoms with van der Waals surface area (Å²) in [6.45, 7) is 0. The number of benzene rings is 2. The van der Waals surface area contributed by atoms with Crippen LogP contribution < -0.4 is 10.2 Å². The number of carbonyl (C=O) groups is 3. The van der Waals surface area contributed by atoms with E-state index in [1.165, 1.54) is 12.1 Å². The van der Waals surface area contributed by atoms with Gasteiger partial charge >= 0.3 is 11.9 Å². The number of anilines is 2. The molecule has 0 aliphatic heterocycles. The van der Waals surface area contributed by atoms with Gasteiger partial charge in [0.2, 0.25) is 5.91 Å². The fourth-order valence-corrected chi connectivity index (χ4v) is 2.29. The first-order valence-corrected chi connectivity index (χ1v) is 7.64. The minimum absolute atomic E-state index is 0.129. The molecule has 2 aromatic rings. The first-order valence-electron chi connectivity index (χ1n) is 7.26. The number of halogens is 1. The van der Waals surface area contributed by atoms with Crippen LogP contribution in [0, 0.1) is 0 Å². The summed E-state index contributed by atoms with van der Waals surface area (Å²) < 4.78 is 0. The smallest absolute Gasteiger partial charge is 0.335 e. The van der Waals surface area contributed by atoms with E-state index in [0.29, 0.717) is 6.42 Å². The van der Waals surface area contributed by atoms with Crippen molar-refractivity contribution < 1.29 is 24.6 Å². The van der Waals surface area contributed by atoms with Gasteiger partial charge in [-0.3, -0.25) is 9.63 Å². The summed E-state index contributed by atoms with van der Waals surface area (Å²) in [6, 6.07) is 10.7. The lowest BCUT2D eigenvalue weighted by atomic mass is 10.1. The lowest BCUT2D eigenvalue weighted by molar-refractivity contribution is -0.116. The summed E-state index contributed by atoms with van der Waals surface area (Å²) in [5.74, 6) is -2.89. The zero-order valence-electron chi connectivity index (χ0n) is 13.0. The molecule has 0 radical (unpaired) electrons. The molecule has 0 unspecified atom stereocenters. The van der Waals surface area contributed by atoms with Gasteiger partial charge < -0.3 is 15.5 Å². The summed E-state index contributed by atoms with van der Waals surface area (Å²) in [5.41, 5.74) is 1.38. The second-order valence-electron chi connectivity index (χ2n) is 5.25. The van der Waals surface area contributed by atoms with Crippen LogP contribution in [0.3, 0.4) is 0 Å². The molecule has 2 aromatic carbocycles. The van der Waals surface area contributed by atoms with E-state index in [-0.39, 0.29) is 29.1 Å². The van der Waals surface area contributed by atoms with Crippen LogP contribution in [0.4, 0.5) is 11.4 Å². The van der Waals surface area contributed by atoms with Crippen molar-refractivity contribution in [1.82, 2.24) is 0 Å². The van der Waals surface area contributed by atoms with Crippen molar-refractivity contribution in [1.29, 1.82) is 0 Å². The minimum atomic E-state index is -1.27. The highest BCUT2D eigenvalue weighted by Gasteiger charge is 2.13. The van der Waals surface area contributed by atoms with E-state index in [0.717, 1.165) is 17.3 Å². The Hall–Kier alpha value is -3.06. The van der Waals surface area contributed by atoms with Crippen LogP contribution in [0.25, 0.3) is 0 Å². The molecule has 4 N–H and O–H groups in total. The number of hydrogen-bond donors (Lipinski definition) is 4. The third kappa shape index (κ3) is 5.22. The highest BCUT2D eigenvalue weighted by Crippen LogP contribution is 2.17. The Morgan fingerprint density at radius 3 is 1.92 bits per heavy atom. The Morgan fingerprint density at radius 1 is 0.880 bits per heavy atom. The standard InChI is InChI=1S/C17H15ClN2O5/c18-20-13-4-1-10(2-5-13)3-6-15(21)19-14-8-11(16(22)23)7-12(9-14)17(24)25/h1-2,4-5,7-9,20H,3,6H2,(H,19,21)(H,22,23)(H,24,25). The third-order valence-corrected chi connectivity index (χ3v) is 3.63. The minimum Gasteiger partial charge on any atom is -0.478 e. The summed E-state index contributed by atoms with van der Waals surface area (Å²) >= 11 is 5.47. The van der Waals surface area contributed by atoms with Crippen LogP contribution in [-0.2, 0) is 11.2 Å². The Labute approximate surface area is 148 Å². The summed E-state index contributed by atoms with van der Waals surface area (Å²) in [5, 5.41) is 20.6. The zero-order chi connectivity index (χ0) is 18.4. The van der Waals surface area contributed by atoms with E-state index in [2.05, 4.69) is 10.2 Å². The van der Waals surface area contributed by atoms with Gasteiger partial charge in [-0.2, -0.15) is 0 Å². The van der Waals surface area contributed by atoms with Gasteiger partial charge in [0.1, 0.15) is 0 Å². The second kappa shape index (κ2) is 8.16. The van der Waals surface area contributed by atoms with Crippen LogP contribution in [0.1, 0.15) is 32.7 Å². The number of nitrogens with one attached hydrogen (secondary N) is 2. The van der Waals surface area contributed by atoms with Gasteiger partial charge in [-0.15, -0.1) is 0 Å². The first kappa shape index (κ1) is 18.3. The molecule has 1 amide bonds. The third-order valence-electron chi connectivity index (χ3n) is 3.41. The zero-order valence-corrected chi connectivity index (χ0v) is 13.7. The number of carboxylic acid groups (broad SMARTS) is 2. The molecule has 2 rings (SSSR count). The van der Waals surface area contributed by atoms with E-state index >= 15 is 0 Å². The van der Waals surface area contributed by atoms with Gasteiger partial charge in [0, 0.05) is 29.6 Å². The van der Waals surface area contributed by atoms with Gasteiger partial charge in [0.15, 0.2) is 0 Å². The van der Waals surface area contributed by atoms with Gasteiger partial charge in [-0.05, 0) is 42.3 Å². The molecule has 0 aliphatic rings. The highest BCUT2D eigenvalue weighted by atomic mass is 35.5. The number of amides is 1. The molecule has 7 nitrogen and oxygen atoms in total. The Bertz CT molecular complexity index is 773. The maximum atomic E-state index is 12.0. The topological polar surface area (TPSA) is 116 Å². The summed E-state index contributed by atoms with van der Waals surface area (Å²) in [6.07, 6.45) is 0.631. The van der Waals surface area contributed by atoms with E-state index in [9.17, 15) is 14.4 Å². The SMILES string of the molecule is O=C(CCc1ccc(NCl)cc1)Nc1cc(C(=O)O)cc(C(=O)O)c1. The van der Waals surface area contributed by atoms with Crippen LogP contribution >= 0.6 is 11.8 Å². The maximum Gasteiger partial charge on any atom is 0.335 e. The molecule has 0 spiro atoms. The summed E-state index contributed by atoms with van der Waals surface area (Å²) in [4.78, 5) is 36.6. The first-order chi connectivity index (χ1) is 11.9. The number of hydrogen-bond acceptors (Lipinski definition) is 4. The number of rotatable bonds is 7. The van der Waals surface area contributed by atoms with Gasteiger partial charge in [0.05, 0.1) is 11.1 Å². The fourth-order valence-electron chi connectivity index (χ4n) is 2.16. The average Bonchev–Trinajstić information content (AvgIpc) is 2.60. The number of carbonyl (C=O) groups excluding carboxylic acids is 1. The Morgan fingerprint density at radius 2 is 1.44 bits per heavy atom. The molecule has 8 heteroatoms. The normalized spacial score (nSPS) is 10.1. The van der Waals surface area contributed by atoms with E-state index in [1.807, 2.05) is 12.1 Å². The van der Waals surface area contributed by atoms with Crippen LogP contribution in [0.15, 0.2) is 42.5 Å². The van der Waals surface area contributed by atoms with Crippen molar-refractivity contribution >= 4 is 41.0 Å². The monoisotopic (exact) mass is 362 g/mol. The molecule has 0 atom stereocenters. The predicted octanol–water partition coefficient (Wildman–Crippen LogP) is 3.22. The van der Waals surface area contributed by atoms with E-state index in [1.54, 1.807) is 12.1 Å². The van der Waals surface area contributed by atoms with E-state index < -0.39 is 11.9 Å². The fraction of sp³-hybridized carbons (Fsp3) is 0.118. The molecule has 0 saturated heterocycles. The average molecular weight is 363 g/mol. The summed E-state index contributed by atoms with van der Waals surface area (Å²) in [7, 11) is 0. The number of carboxylic acids is 2. The Kier molecular flexibility index (Phi) is 5.97. The van der Waals surface area contributed by atoms with E-state index in [4.69, 9.17) is 22.0 Å². The molecule has 0 saturated carbocycles. The molecular formula is C17H15ClN2O5. The van der Waals surface area contributed by atoms with Crippen molar-refractivity contribution in [3.05, 3.63) is 59.2 Å². The maximum absolute atomic E-state index is 12.0.